The van der Waals surface area contributed by atoms with Crippen LogP contribution >= 0.6 is 0 Å². The number of amides is 2. The summed E-state index contributed by atoms with van der Waals surface area (Å²) in [6.45, 7) is 5.00. The van der Waals surface area contributed by atoms with E-state index in [1.165, 1.54) is 0 Å². The van der Waals surface area contributed by atoms with Crippen LogP contribution in [0.1, 0.15) is 44.9 Å². The summed E-state index contributed by atoms with van der Waals surface area (Å²) in [5.74, 6) is -0.480. The van der Waals surface area contributed by atoms with Crippen LogP contribution in [0.25, 0.3) is 0 Å². The summed E-state index contributed by atoms with van der Waals surface area (Å²) < 4.78 is 15.3. The number of hydrogen-bond donors (Lipinski definition) is 3. The van der Waals surface area contributed by atoms with E-state index in [-0.39, 0.29) is 30.6 Å². The van der Waals surface area contributed by atoms with Crippen molar-refractivity contribution in [2.75, 3.05) is 44.1 Å². The first-order valence-electron chi connectivity index (χ1n) is 11.6. The Morgan fingerprint density at radius 1 is 1.30 bits per heavy atom. The molecule has 1 aromatic heterocycles. The first-order valence-corrected chi connectivity index (χ1v) is 11.6. The molecule has 3 rings (SSSR count). The standard InChI is InChI=1S/C22H36FN7O3/c1-14-10-29(12-18(14)28(3)4)21-19(23)20(24-15(2)25-21)26-27-22(32)17(11-30(33)13-31)9-16-7-5-6-8-16/h13-14,16-18,33H,5-12H2,1-4H3,(H,27,32)(H,24,25,26)/t14-,17+,18?/m0/s1. The van der Waals surface area contributed by atoms with Crippen molar-refractivity contribution in [3.63, 3.8) is 0 Å². The van der Waals surface area contributed by atoms with Crippen molar-refractivity contribution >= 4 is 24.0 Å². The Hall–Kier alpha value is -2.53. The number of nitrogens with zero attached hydrogens (tertiary/aromatic N) is 5. The number of aryl methyl sites for hydroxylation is 1. The van der Waals surface area contributed by atoms with Crippen molar-refractivity contribution in [3.8, 4) is 0 Å². The van der Waals surface area contributed by atoms with Crippen LogP contribution in [0.15, 0.2) is 0 Å². The van der Waals surface area contributed by atoms with Crippen LogP contribution in [-0.2, 0) is 9.59 Å². The van der Waals surface area contributed by atoms with Crippen molar-refractivity contribution in [2.24, 2.45) is 17.8 Å². The number of rotatable bonds is 10. The second-order valence-electron chi connectivity index (χ2n) is 9.60. The molecule has 10 nitrogen and oxygen atoms in total. The molecule has 2 aliphatic rings. The molecule has 0 aromatic carbocycles. The van der Waals surface area contributed by atoms with Gasteiger partial charge < -0.3 is 9.80 Å². The van der Waals surface area contributed by atoms with E-state index in [0.29, 0.717) is 42.2 Å². The van der Waals surface area contributed by atoms with Gasteiger partial charge >= 0.3 is 0 Å². The van der Waals surface area contributed by atoms with Crippen molar-refractivity contribution in [2.45, 2.75) is 52.0 Å². The van der Waals surface area contributed by atoms with E-state index >= 15 is 4.39 Å². The maximum atomic E-state index is 15.3. The van der Waals surface area contributed by atoms with Gasteiger partial charge in [-0.1, -0.05) is 32.6 Å². The molecule has 1 saturated carbocycles. The lowest BCUT2D eigenvalue weighted by Gasteiger charge is -2.24. The number of halogens is 1. The van der Waals surface area contributed by atoms with Gasteiger partial charge in [0, 0.05) is 19.1 Å². The fraction of sp³-hybridized carbons (Fsp3) is 0.727. The molecule has 1 aromatic rings. The van der Waals surface area contributed by atoms with E-state index in [9.17, 15) is 14.8 Å². The van der Waals surface area contributed by atoms with Gasteiger partial charge in [0.15, 0.2) is 11.6 Å². The number of hydrogen-bond acceptors (Lipinski definition) is 8. The van der Waals surface area contributed by atoms with Crippen molar-refractivity contribution in [3.05, 3.63) is 11.6 Å². The minimum Gasteiger partial charge on any atom is -0.352 e. The number of aromatic nitrogens is 2. The zero-order valence-corrected chi connectivity index (χ0v) is 19.9. The Bertz CT molecular complexity index is 834. The summed E-state index contributed by atoms with van der Waals surface area (Å²) in [5.41, 5.74) is 5.13. The molecule has 11 heteroatoms. The van der Waals surface area contributed by atoms with Crippen LogP contribution in [0.3, 0.4) is 0 Å². The number of likely N-dealkylation sites (N-methyl/N-ethyl adjacent to an activating group) is 1. The summed E-state index contributed by atoms with van der Waals surface area (Å²) in [6.07, 6.45) is 5.11. The van der Waals surface area contributed by atoms with Gasteiger partial charge in [-0.25, -0.2) is 15.0 Å². The van der Waals surface area contributed by atoms with E-state index in [2.05, 4.69) is 32.6 Å². The third-order valence-corrected chi connectivity index (χ3v) is 6.78. The number of carbonyl (C=O) groups is 2. The molecular formula is C22H36FN7O3. The van der Waals surface area contributed by atoms with Crippen molar-refractivity contribution in [1.82, 2.24) is 25.4 Å². The van der Waals surface area contributed by atoms with Gasteiger partial charge in [0.05, 0.1) is 12.5 Å². The van der Waals surface area contributed by atoms with Gasteiger partial charge in [0.1, 0.15) is 5.82 Å². The Labute approximate surface area is 194 Å². The van der Waals surface area contributed by atoms with E-state index in [1.54, 1.807) is 6.92 Å². The van der Waals surface area contributed by atoms with Gasteiger partial charge in [0.2, 0.25) is 18.1 Å². The summed E-state index contributed by atoms with van der Waals surface area (Å²) in [6, 6.07) is 0.284. The number of hydrazine groups is 1. The predicted octanol–water partition coefficient (Wildman–Crippen LogP) is 1.80. The third kappa shape index (κ3) is 6.29. The quantitative estimate of drug-likeness (QED) is 0.272. The number of hydroxylamine groups is 2. The Morgan fingerprint density at radius 3 is 2.61 bits per heavy atom. The average Bonchev–Trinajstić information content (AvgIpc) is 3.42. The fourth-order valence-corrected chi connectivity index (χ4v) is 5.04. The first kappa shape index (κ1) is 25.1. The van der Waals surface area contributed by atoms with E-state index in [1.807, 2.05) is 19.0 Å². The van der Waals surface area contributed by atoms with Crippen LogP contribution in [0, 0.1) is 30.5 Å². The van der Waals surface area contributed by atoms with Crippen LogP contribution in [0.5, 0.6) is 0 Å². The highest BCUT2D eigenvalue weighted by Crippen LogP contribution is 2.31. The number of carbonyl (C=O) groups excluding carboxylic acids is 2. The minimum atomic E-state index is -0.628. The second-order valence-corrected chi connectivity index (χ2v) is 9.60. The molecule has 2 amide bonds. The maximum Gasteiger partial charge on any atom is 0.243 e. The van der Waals surface area contributed by atoms with Gasteiger partial charge in [-0.05, 0) is 39.3 Å². The first-order chi connectivity index (χ1) is 15.7. The minimum absolute atomic E-state index is 0.109. The molecule has 2 fully saturated rings. The molecule has 184 valence electrons. The molecule has 0 bridgehead atoms. The third-order valence-electron chi connectivity index (χ3n) is 6.78. The average molecular weight is 466 g/mol. The van der Waals surface area contributed by atoms with E-state index in [4.69, 9.17) is 0 Å². The molecule has 2 heterocycles. The zero-order chi connectivity index (χ0) is 24.1. The number of nitrogens with one attached hydrogen (secondary N) is 2. The van der Waals surface area contributed by atoms with Gasteiger partial charge in [-0.15, -0.1) is 0 Å². The van der Waals surface area contributed by atoms with Gasteiger partial charge in [-0.2, -0.15) is 4.39 Å². The molecule has 33 heavy (non-hydrogen) atoms. The number of anilines is 2. The van der Waals surface area contributed by atoms with Gasteiger partial charge in [-0.3, -0.25) is 25.6 Å². The Balaban J connectivity index is 1.70. The predicted molar refractivity (Wildman–Crippen MR) is 122 cm³/mol. The topological polar surface area (TPSA) is 114 Å². The van der Waals surface area contributed by atoms with Gasteiger partial charge in [0.25, 0.3) is 0 Å². The highest BCUT2D eigenvalue weighted by Gasteiger charge is 2.34. The van der Waals surface area contributed by atoms with Crippen LogP contribution < -0.4 is 15.8 Å². The Kier molecular flexibility index (Phi) is 8.41. The largest absolute Gasteiger partial charge is 0.352 e. The summed E-state index contributed by atoms with van der Waals surface area (Å²) in [7, 11) is 4.02. The lowest BCUT2D eigenvalue weighted by Crippen LogP contribution is -2.41. The highest BCUT2D eigenvalue weighted by atomic mass is 19.1. The SMILES string of the molecule is Cc1nc(NNC(=O)[C@H](CC2CCCC2)CN(O)C=O)c(F)c(N2CC(N(C)C)[C@@H](C)C2)n1. The van der Waals surface area contributed by atoms with Crippen LogP contribution in [0.2, 0.25) is 0 Å². The molecule has 0 spiro atoms. The molecule has 3 atom stereocenters. The maximum absolute atomic E-state index is 15.3. The molecule has 1 saturated heterocycles. The smallest absolute Gasteiger partial charge is 0.243 e. The summed E-state index contributed by atoms with van der Waals surface area (Å²) in [5, 5.41) is 10.1. The normalized spacial score (nSPS) is 22.0. The molecule has 0 radical (unpaired) electrons. The summed E-state index contributed by atoms with van der Waals surface area (Å²) in [4.78, 5) is 36.2. The zero-order valence-electron chi connectivity index (χ0n) is 19.9. The molecular weight excluding hydrogens is 429 g/mol. The molecule has 1 aliphatic heterocycles. The lowest BCUT2D eigenvalue weighted by molar-refractivity contribution is -0.154. The van der Waals surface area contributed by atoms with Crippen molar-refractivity contribution < 1.29 is 19.2 Å². The van der Waals surface area contributed by atoms with E-state index in [0.717, 1.165) is 25.7 Å². The molecule has 1 aliphatic carbocycles. The Morgan fingerprint density at radius 2 is 2.00 bits per heavy atom. The van der Waals surface area contributed by atoms with Crippen LogP contribution in [0.4, 0.5) is 16.0 Å². The molecule has 1 unspecified atom stereocenters. The highest BCUT2D eigenvalue weighted by molar-refractivity contribution is 5.80. The second kappa shape index (κ2) is 11.1. The van der Waals surface area contributed by atoms with E-state index < -0.39 is 17.6 Å². The van der Waals surface area contributed by atoms with Crippen LogP contribution in [-0.4, -0.2) is 77.2 Å². The van der Waals surface area contributed by atoms with Crippen molar-refractivity contribution in [1.29, 1.82) is 0 Å². The molecule has 3 N–H and O–H groups in total. The summed E-state index contributed by atoms with van der Waals surface area (Å²) >= 11 is 0. The monoisotopic (exact) mass is 465 g/mol. The fourth-order valence-electron chi connectivity index (χ4n) is 5.04. The lowest BCUT2D eigenvalue weighted by atomic mass is 9.92.